The van der Waals surface area contributed by atoms with Gasteiger partial charge >= 0.3 is 0 Å². The maximum absolute atomic E-state index is 9.97. The summed E-state index contributed by atoms with van der Waals surface area (Å²) in [6, 6.07) is 5.80. The van der Waals surface area contributed by atoms with Gasteiger partial charge in [-0.25, -0.2) is 0 Å². The van der Waals surface area contributed by atoms with E-state index in [2.05, 4.69) is 0 Å². The van der Waals surface area contributed by atoms with E-state index in [-0.39, 0.29) is 0 Å². The summed E-state index contributed by atoms with van der Waals surface area (Å²) in [7, 11) is 1.61. The van der Waals surface area contributed by atoms with Crippen molar-refractivity contribution in [3.63, 3.8) is 0 Å². The lowest BCUT2D eigenvalue weighted by Gasteiger charge is -2.13. The number of aryl methyl sites for hydroxylation is 1. The van der Waals surface area contributed by atoms with Gasteiger partial charge in [-0.3, -0.25) is 0 Å². The molecule has 0 spiro atoms. The van der Waals surface area contributed by atoms with Gasteiger partial charge in [0.1, 0.15) is 11.9 Å². The van der Waals surface area contributed by atoms with Gasteiger partial charge in [0, 0.05) is 5.56 Å². The molecule has 1 aromatic carbocycles. The summed E-state index contributed by atoms with van der Waals surface area (Å²) in [6.07, 6.45) is 1.22. The Morgan fingerprint density at radius 3 is 2.60 bits per heavy atom. The van der Waals surface area contributed by atoms with Crippen LogP contribution in [0.2, 0.25) is 0 Å². The van der Waals surface area contributed by atoms with Crippen LogP contribution in [0, 0.1) is 6.92 Å². The van der Waals surface area contributed by atoms with Gasteiger partial charge in [0.25, 0.3) is 0 Å². The molecule has 0 saturated heterocycles. The monoisotopic (exact) mass is 206 g/mol. The Balaban J connectivity index is 3.11. The zero-order chi connectivity index (χ0) is 11.4. The van der Waals surface area contributed by atoms with Gasteiger partial charge in [-0.2, -0.15) is 0 Å². The van der Waals surface area contributed by atoms with Crippen LogP contribution in [0.5, 0.6) is 5.75 Å². The molecule has 15 heavy (non-hydrogen) atoms. The Morgan fingerprint density at radius 1 is 1.40 bits per heavy atom. The van der Waals surface area contributed by atoms with Crippen molar-refractivity contribution in [3.8, 4) is 5.75 Å². The molecule has 1 aromatic rings. The normalized spacial score (nSPS) is 12.1. The van der Waals surface area contributed by atoms with Crippen molar-refractivity contribution in [2.75, 3.05) is 7.11 Å². The van der Waals surface area contributed by atoms with Crippen molar-refractivity contribution in [2.24, 2.45) is 0 Å². The van der Waals surface area contributed by atoms with E-state index in [4.69, 9.17) is 4.74 Å². The molecule has 1 atom stereocenters. The lowest BCUT2D eigenvalue weighted by Crippen LogP contribution is -1.98. The van der Waals surface area contributed by atoms with Gasteiger partial charge in [-0.1, -0.05) is 23.3 Å². The van der Waals surface area contributed by atoms with Crippen LogP contribution in [0.1, 0.15) is 31.1 Å². The Kier molecular flexibility index (Phi) is 3.92. The second-order valence-electron chi connectivity index (χ2n) is 3.93. The zero-order valence-electron chi connectivity index (χ0n) is 9.74. The summed E-state index contributed by atoms with van der Waals surface area (Å²) in [5.74, 6) is 0.727. The molecule has 2 nitrogen and oxygen atoms in total. The van der Waals surface area contributed by atoms with Crippen LogP contribution in [0.25, 0.3) is 0 Å². The van der Waals surface area contributed by atoms with Gasteiger partial charge < -0.3 is 9.84 Å². The minimum atomic E-state index is -0.593. The number of rotatable bonds is 3. The predicted octanol–water partition coefficient (Wildman–Crippen LogP) is 3.00. The molecule has 1 N–H and O–H groups in total. The molecule has 0 aliphatic heterocycles. The van der Waals surface area contributed by atoms with Crippen LogP contribution < -0.4 is 4.74 Å². The summed E-state index contributed by atoms with van der Waals surface area (Å²) in [6.45, 7) is 5.93. The number of hydrogen-bond acceptors (Lipinski definition) is 2. The third kappa shape index (κ3) is 3.10. The predicted molar refractivity (Wildman–Crippen MR) is 62.1 cm³/mol. The van der Waals surface area contributed by atoms with Crippen molar-refractivity contribution in [1.82, 2.24) is 0 Å². The smallest absolute Gasteiger partial charge is 0.125 e. The number of aliphatic hydroxyl groups excluding tert-OH is 1. The van der Waals surface area contributed by atoms with E-state index in [0.29, 0.717) is 0 Å². The average Bonchev–Trinajstić information content (AvgIpc) is 2.16. The van der Waals surface area contributed by atoms with E-state index in [9.17, 15) is 5.11 Å². The van der Waals surface area contributed by atoms with Gasteiger partial charge in [0.2, 0.25) is 0 Å². The second kappa shape index (κ2) is 4.99. The molecule has 0 fully saturated rings. The van der Waals surface area contributed by atoms with Gasteiger partial charge in [0.05, 0.1) is 7.11 Å². The van der Waals surface area contributed by atoms with Crippen molar-refractivity contribution in [2.45, 2.75) is 26.9 Å². The fraction of sp³-hybridized carbons (Fsp3) is 0.385. The van der Waals surface area contributed by atoms with E-state index in [1.165, 1.54) is 0 Å². The molecule has 0 saturated carbocycles. The maximum atomic E-state index is 9.97. The van der Waals surface area contributed by atoms with Crippen molar-refractivity contribution >= 4 is 0 Å². The molecule has 0 amide bonds. The van der Waals surface area contributed by atoms with Crippen LogP contribution in [0.15, 0.2) is 29.8 Å². The van der Waals surface area contributed by atoms with E-state index < -0.39 is 6.10 Å². The molecular weight excluding hydrogens is 188 g/mol. The minimum absolute atomic E-state index is 0.593. The zero-order valence-corrected chi connectivity index (χ0v) is 9.74. The number of allylic oxidation sites excluding steroid dienone is 1. The molecular formula is C13H18O2. The Bertz CT molecular complexity index is 363. The highest BCUT2D eigenvalue weighted by atomic mass is 16.5. The first-order chi connectivity index (χ1) is 7.04. The second-order valence-corrected chi connectivity index (χ2v) is 3.93. The van der Waals surface area contributed by atoms with Gasteiger partial charge in [-0.05, 0) is 32.9 Å². The molecule has 82 valence electrons. The summed E-state index contributed by atoms with van der Waals surface area (Å²) in [5.41, 5.74) is 3.02. The highest BCUT2D eigenvalue weighted by Crippen LogP contribution is 2.27. The standard InChI is InChI=1S/C13H18O2/c1-9(2)7-12(14)11-8-10(3)5-6-13(11)15-4/h5-8,12,14H,1-4H3. The third-order valence-electron chi connectivity index (χ3n) is 2.20. The number of hydrogen-bond donors (Lipinski definition) is 1. The first-order valence-electron chi connectivity index (χ1n) is 5.02. The summed E-state index contributed by atoms with van der Waals surface area (Å²) >= 11 is 0. The quantitative estimate of drug-likeness (QED) is 0.770. The van der Waals surface area contributed by atoms with E-state index in [1.54, 1.807) is 7.11 Å². The molecule has 2 heteroatoms. The summed E-state index contributed by atoms with van der Waals surface area (Å²) in [4.78, 5) is 0. The Morgan fingerprint density at radius 2 is 2.07 bits per heavy atom. The number of ether oxygens (including phenoxy) is 1. The average molecular weight is 206 g/mol. The van der Waals surface area contributed by atoms with Crippen LogP contribution in [-0.4, -0.2) is 12.2 Å². The first-order valence-corrected chi connectivity index (χ1v) is 5.02. The largest absolute Gasteiger partial charge is 0.496 e. The van der Waals surface area contributed by atoms with E-state index in [0.717, 1.165) is 22.4 Å². The number of aliphatic hydroxyl groups is 1. The minimum Gasteiger partial charge on any atom is -0.496 e. The fourth-order valence-electron chi connectivity index (χ4n) is 1.49. The van der Waals surface area contributed by atoms with Crippen LogP contribution >= 0.6 is 0 Å². The van der Waals surface area contributed by atoms with Crippen LogP contribution in [-0.2, 0) is 0 Å². The topological polar surface area (TPSA) is 29.5 Å². The molecule has 0 bridgehead atoms. The molecule has 0 radical (unpaired) electrons. The molecule has 0 aliphatic carbocycles. The SMILES string of the molecule is COc1ccc(C)cc1C(O)C=C(C)C. The molecule has 0 aromatic heterocycles. The van der Waals surface area contributed by atoms with Crippen LogP contribution in [0.3, 0.4) is 0 Å². The molecule has 1 rings (SSSR count). The van der Waals surface area contributed by atoms with Gasteiger partial charge in [-0.15, -0.1) is 0 Å². The Labute approximate surface area is 91.2 Å². The van der Waals surface area contributed by atoms with Crippen molar-refractivity contribution in [1.29, 1.82) is 0 Å². The summed E-state index contributed by atoms with van der Waals surface area (Å²) < 4.78 is 5.21. The number of benzene rings is 1. The number of methoxy groups -OCH3 is 1. The van der Waals surface area contributed by atoms with Crippen LogP contribution in [0.4, 0.5) is 0 Å². The third-order valence-corrected chi connectivity index (χ3v) is 2.20. The maximum Gasteiger partial charge on any atom is 0.125 e. The molecule has 0 aliphatic rings. The highest BCUT2D eigenvalue weighted by molar-refractivity contribution is 5.40. The first kappa shape index (κ1) is 11.8. The fourth-order valence-corrected chi connectivity index (χ4v) is 1.49. The van der Waals surface area contributed by atoms with Crippen molar-refractivity contribution in [3.05, 3.63) is 41.0 Å². The van der Waals surface area contributed by atoms with E-state index in [1.807, 2.05) is 45.0 Å². The highest BCUT2D eigenvalue weighted by Gasteiger charge is 2.10. The summed E-state index contributed by atoms with van der Waals surface area (Å²) in [5, 5.41) is 9.97. The molecule has 0 heterocycles. The Hall–Kier alpha value is -1.28. The lowest BCUT2D eigenvalue weighted by molar-refractivity contribution is 0.222. The van der Waals surface area contributed by atoms with Gasteiger partial charge in [0.15, 0.2) is 0 Å². The van der Waals surface area contributed by atoms with Crippen molar-refractivity contribution < 1.29 is 9.84 Å². The lowest BCUT2D eigenvalue weighted by atomic mass is 10.0. The van der Waals surface area contributed by atoms with E-state index >= 15 is 0 Å². The molecule has 1 unspecified atom stereocenters.